The van der Waals surface area contributed by atoms with Gasteiger partial charge in [0.25, 0.3) is 0 Å². The molecule has 0 saturated carbocycles. The van der Waals surface area contributed by atoms with Crippen LogP contribution in [0, 0.1) is 5.82 Å². The van der Waals surface area contributed by atoms with Crippen molar-refractivity contribution in [2.24, 2.45) is 5.84 Å². The quantitative estimate of drug-likeness (QED) is 0.617. The Morgan fingerprint density at radius 1 is 1.53 bits per heavy atom. The minimum absolute atomic E-state index is 0.200. The van der Waals surface area contributed by atoms with Crippen molar-refractivity contribution in [2.75, 3.05) is 7.11 Å². The molecule has 0 fully saturated rings. The lowest BCUT2D eigenvalue weighted by molar-refractivity contribution is 0.0830. The van der Waals surface area contributed by atoms with E-state index < -0.39 is 0 Å². The summed E-state index contributed by atoms with van der Waals surface area (Å²) in [5.41, 5.74) is 3.15. The predicted molar refractivity (Wildman–Crippen MR) is 57.9 cm³/mol. The molecule has 0 spiro atoms. The van der Waals surface area contributed by atoms with E-state index in [-0.39, 0.29) is 18.0 Å². The Hall–Kier alpha value is -0.680. The first-order valence-electron chi connectivity index (χ1n) is 4.54. The maximum absolute atomic E-state index is 13.0. The first-order chi connectivity index (χ1) is 7.10. The third-order valence-corrected chi connectivity index (χ3v) is 2.66. The Kier molecular flexibility index (Phi) is 4.47. The molecule has 15 heavy (non-hydrogen) atoms. The summed E-state index contributed by atoms with van der Waals surface area (Å²) >= 11 is 5.95. The smallest absolute Gasteiger partial charge is 0.123 e. The van der Waals surface area contributed by atoms with Crippen molar-refractivity contribution in [1.82, 2.24) is 5.43 Å². The van der Waals surface area contributed by atoms with Crippen LogP contribution in [0.5, 0.6) is 0 Å². The molecule has 0 saturated heterocycles. The zero-order valence-corrected chi connectivity index (χ0v) is 9.38. The van der Waals surface area contributed by atoms with Crippen molar-refractivity contribution >= 4 is 11.6 Å². The van der Waals surface area contributed by atoms with Gasteiger partial charge in [0.2, 0.25) is 0 Å². The van der Waals surface area contributed by atoms with Crippen molar-refractivity contribution in [3.63, 3.8) is 0 Å². The normalized spacial score (nSPS) is 15.0. The lowest BCUT2D eigenvalue weighted by atomic mass is 10.0. The molecule has 3 nitrogen and oxygen atoms in total. The first-order valence-corrected chi connectivity index (χ1v) is 4.91. The van der Waals surface area contributed by atoms with Gasteiger partial charge < -0.3 is 4.74 Å². The average molecular weight is 233 g/mol. The van der Waals surface area contributed by atoms with Crippen LogP contribution in [0.1, 0.15) is 18.5 Å². The highest BCUT2D eigenvalue weighted by Crippen LogP contribution is 2.26. The highest BCUT2D eigenvalue weighted by molar-refractivity contribution is 6.31. The molecule has 0 aliphatic rings. The number of halogens is 2. The van der Waals surface area contributed by atoms with Crippen LogP contribution in [0.2, 0.25) is 5.02 Å². The average Bonchev–Trinajstić information content (AvgIpc) is 2.23. The van der Waals surface area contributed by atoms with E-state index in [1.165, 1.54) is 18.2 Å². The molecule has 0 aromatic heterocycles. The van der Waals surface area contributed by atoms with E-state index >= 15 is 0 Å². The third-order valence-electron chi connectivity index (χ3n) is 2.31. The molecule has 1 rings (SSSR count). The lowest BCUT2D eigenvalue weighted by Crippen LogP contribution is -2.36. The largest absolute Gasteiger partial charge is 0.380 e. The molecule has 2 unspecified atom stereocenters. The second kappa shape index (κ2) is 5.42. The standard InChI is InChI=1S/C10H14ClFN2O/c1-6(15-2)10(14-13)8-5-7(12)3-4-9(8)11/h3-6,10,14H,13H2,1-2H3. The van der Waals surface area contributed by atoms with Crippen LogP contribution in [0.4, 0.5) is 4.39 Å². The fourth-order valence-electron chi connectivity index (χ4n) is 1.37. The van der Waals surface area contributed by atoms with Crippen molar-refractivity contribution in [3.8, 4) is 0 Å². The molecular formula is C10H14ClFN2O. The summed E-state index contributed by atoms with van der Waals surface area (Å²) in [6.45, 7) is 1.83. The Balaban J connectivity index is 3.05. The predicted octanol–water partition coefficient (Wildman–Crippen LogP) is 2.02. The molecule has 3 N–H and O–H groups in total. The van der Waals surface area contributed by atoms with E-state index in [2.05, 4.69) is 5.43 Å². The van der Waals surface area contributed by atoms with E-state index in [9.17, 15) is 4.39 Å². The van der Waals surface area contributed by atoms with Gasteiger partial charge in [0, 0.05) is 12.1 Å². The maximum atomic E-state index is 13.0. The molecule has 1 aromatic carbocycles. The number of benzene rings is 1. The first kappa shape index (κ1) is 12.4. The van der Waals surface area contributed by atoms with Crippen molar-refractivity contribution in [2.45, 2.75) is 19.1 Å². The summed E-state index contributed by atoms with van der Waals surface area (Å²) in [5, 5.41) is 0.461. The van der Waals surface area contributed by atoms with Crippen LogP contribution in [-0.2, 0) is 4.74 Å². The molecule has 1 aromatic rings. The van der Waals surface area contributed by atoms with E-state index in [1.807, 2.05) is 6.92 Å². The van der Waals surface area contributed by atoms with Gasteiger partial charge in [0.1, 0.15) is 5.82 Å². The number of nitrogens with two attached hydrogens (primary N) is 1. The second-order valence-electron chi connectivity index (χ2n) is 3.25. The highest BCUT2D eigenvalue weighted by atomic mass is 35.5. The Labute approximate surface area is 93.3 Å². The number of methoxy groups -OCH3 is 1. The van der Waals surface area contributed by atoms with Crippen LogP contribution < -0.4 is 11.3 Å². The van der Waals surface area contributed by atoms with Gasteiger partial charge in [0.15, 0.2) is 0 Å². The number of nitrogens with one attached hydrogen (secondary N) is 1. The van der Waals surface area contributed by atoms with E-state index in [1.54, 1.807) is 7.11 Å². The minimum Gasteiger partial charge on any atom is -0.380 e. The van der Waals surface area contributed by atoms with Crippen LogP contribution in [0.15, 0.2) is 18.2 Å². The number of ether oxygens (including phenoxy) is 1. The van der Waals surface area contributed by atoms with Gasteiger partial charge in [-0.15, -0.1) is 0 Å². The number of hydrogen-bond acceptors (Lipinski definition) is 3. The van der Waals surface area contributed by atoms with Gasteiger partial charge in [-0.1, -0.05) is 11.6 Å². The van der Waals surface area contributed by atoms with Crippen LogP contribution in [0.3, 0.4) is 0 Å². The number of rotatable bonds is 4. The number of hydrazine groups is 1. The van der Waals surface area contributed by atoms with E-state index in [4.69, 9.17) is 22.2 Å². The van der Waals surface area contributed by atoms with Gasteiger partial charge in [-0.05, 0) is 30.7 Å². The molecule has 0 amide bonds. The van der Waals surface area contributed by atoms with Gasteiger partial charge in [-0.2, -0.15) is 0 Å². The molecule has 0 heterocycles. The summed E-state index contributed by atoms with van der Waals surface area (Å²) in [6, 6.07) is 3.82. The SMILES string of the molecule is COC(C)C(NN)c1cc(F)ccc1Cl. The monoisotopic (exact) mass is 232 g/mol. The fraction of sp³-hybridized carbons (Fsp3) is 0.400. The zero-order valence-electron chi connectivity index (χ0n) is 8.63. The summed E-state index contributed by atoms with van der Waals surface area (Å²) in [6.07, 6.45) is -0.200. The summed E-state index contributed by atoms with van der Waals surface area (Å²) in [4.78, 5) is 0. The van der Waals surface area contributed by atoms with Crippen LogP contribution >= 0.6 is 11.6 Å². The third kappa shape index (κ3) is 2.89. The van der Waals surface area contributed by atoms with E-state index in [0.717, 1.165) is 0 Å². The Bertz CT molecular complexity index is 335. The van der Waals surface area contributed by atoms with Gasteiger partial charge in [-0.25, -0.2) is 4.39 Å². The zero-order chi connectivity index (χ0) is 11.4. The molecule has 0 bridgehead atoms. The molecule has 84 valence electrons. The molecule has 0 aliphatic heterocycles. The van der Waals surface area contributed by atoms with Gasteiger partial charge in [-0.3, -0.25) is 11.3 Å². The highest BCUT2D eigenvalue weighted by Gasteiger charge is 2.20. The summed E-state index contributed by atoms with van der Waals surface area (Å²) < 4.78 is 18.2. The summed E-state index contributed by atoms with van der Waals surface area (Å²) in [7, 11) is 1.56. The van der Waals surface area contributed by atoms with Crippen LogP contribution in [-0.4, -0.2) is 13.2 Å². The van der Waals surface area contributed by atoms with Crippen molar-refractivity contribution in [3.05, 3.63) is 34.6 Å². The second-order valence-corrected chi connectivity index (χ2v) is 3.66. The van der Waals surface area contributed by atoms with Gasteiger partial charge in [0.05, 0.1) is 12.1 Å². The topological polar surface area (TPSA) is 47.3 Å². The Morgan fingerprint density at radius 2 is 2.20 bits per heavy atom. The van der Waals surface area contributed by atoms with Gasteiger partial charge >= 0.3 is 0 Å². The molecule has 0 aliphatic carbocycles. The Morgan fingerprint density at radius 3 is 2.73 bits per heavy atom. The maximum Gasteiger partial charge on any atom is 0.123 e. The minimum atomic E-state index is -0.349. The molecule has 2 atom stereocenters. The lowest BCUT2D eigenvalue weighted by Gasteiger charge is -2.23. The summed E-state index contributed by atoms with van der Waals surface area (Å²) in [5.74, 6) is 5.04. The fourth-order valence-corrected chi connectivity index (χ4v) is 1.60. The number of hydrogen-bond donors (Lipinski definition) is 2. The van der Waals surface area contributed by atoms with Crippen LogP contribution in [0.25, 0.3) is 0 Å². The molecular weight excluding hydrogens is 219 g/mol. The van der Waals surface area contributed by atoms with Crippen molar-refractivity contribution < 1.29 is 9.13 Å². The molecule has 5 heteroatoms. The van der Waals surface area contributed by atoms with E-state index in [0.29, 0.717) is 10.6 Å². The van der Waals surface area contributed by atoms with Crippen molar-refractivity contribution in [1.29, 1.82) is 0 Å². The molecule has 0 radical (unpaired) electrons.